The molecule has 1 saturated heterocycles. The molecule has 0 saturated carbocycles. The molecule has 0 unspecified atom stereocenters. The van der Waals surface area contributed by atoms with Crippen molar-refractivity contribution < 1.29 is 17.6 Å². The highest BCUT2D eigenvalue weighted by molar-refractivity contribution is 7.89. The van der Waals surface area contributed by atoms with Crippen molar-refractivity contribution in [2.45, 2.75) is 31.1 Å². The first-order chi connectivity index (χ1) is 10.3. The Hall–Kier alpha value is -1.38. The summed E-state index contributed by atoms with van der Waals surface area (Å²) >= 11 is 0. The van der Waals surface area contributed by atoms with E-state index in [0.29, 0.717) is 19.0 Å². The van der Waals surface area contributed by atoms with Crippen molar-refractivity contribution in [1.29, 1.82) is 0 Å². The molecule has 8 heteroatoms. The SMILES string of the molecule is CNCCC1CCN(C(=O)c2cc(S(N)(=O)=O)c(C)o2)CC1. The van der Waals surface area contributed by atoms with E-state index >= 15 is 0 Å². The molecule has 1 aromatic heterocycles. The maximum atomic E-state index is 12.4. The summed E-state index contributed by atoms with van der Waals surface area (Å²) in [4.78, 5) is 14.0. The Morgan fingerprint density at radius 2 is 2.09 bits per heavy atom. The number of aryl methyl sites for hydroxylation is 1. The summed E-state index contributed by atoms with van der Waals surface area (Å²) in [5.74, 6) is 0.532. The number of nitrogens with zero attached hydrogens (tertiary/aromatic N) is 1. The molecule has 1 aliphatic heterocycles. The lowest BCUT2D eigenvalue weighted by molar-refractivity contribution is 0.0653. The van der Waals surface area contributed by atoms with Crippen LogP contribution in [0.15, 0.2) is 15.4 Å². The number of nitrogens with two attached hydrogens (primary N) is 1. The summed E-state index contributed by atoms with van der Waals surface area (Å²) in [6.07, 6.45) is 3.01. The number of furan rings is 1. The summed E-state index contributed by atoms with van der Waals surface area (Å²) in [5, 5.41) is 8.23. The fourth-order valence-corrected chi connectivity index (χ4v) is 3.50. The molecule has 22 heavy (non-hydrogen) atoms. The van der Waals surface area contributed by atoms with Gasteiger partial charge in [0.1, 0.15) is 10.7 Å². The van der Waals surface area contributed by atoms with E-state index in [1.165, 1.54) is 13.0 Å². The van der Waals surface area contributed by atoms with Crippen LogP contribution in [0.1, 0.15) is 35.6 Å². The molecule has 3 N–H and O–H groups in total. The van der Waals surface area contributed by atoms with Gasteiger partial charge >= 0.3 is 0 Å². The monoisotopic (exact) mass is 329 g/mol. The van der Waals surface area contributed by atoms with Crippen LogP contribution < -0.4 is 10.5 Å². The zero-order valence-electron chi connectivity index (χ0n) is 13.0. The molecule has 0 bridgehead atoms. The van der Waals surface area contributed by atoms with Gasteiger partial charge in [0.2, 0.25) is 10.0 Å². The number of carbonyl (C=O) groups is 1. The number of piperidine rings is 1. The minimum Gasteiger partial charge on any atom is -0.455 e. The van der Waals surface area contributed by atoms with Crippen LogP contribution in [0, 0.1) is 12.8 Å². The molecule has 7 nitrogen and oxygen atoms in total. The summed E-state index contributed by atoms with van der Waals surface area (Å²) in [6, 6.07) is 1.22. The van der Waals surface area contributed by atoms with E-state index in [1.807, 2.05) is 7.05 Å². The van der Waals surface area contributed by atoms with Gasteiger partial charge in [-0.25, -0.2) is 13.6 Å². The minimum atomic E-state index is -3.87. The number of rotatable bonds is 5. The van der Waals surface area contributed by atoms with Crippen LogP contribution in [0.4, 0.5) is 0 Å². The van der Waals surface area contributed by atoms with E-state index in [9.17, 15) is 13.2 Å². The Bertz CT molecular complexity index is 631. The van der Waals surface area contributed by atoms with Crippen LogP contribution in [0.3, 0.4) is 0 Å². The van der Waals surface area contributed by atoms with Crippen LogP contribution in [0.5, 0.6) is 0 Å². The second-order valence-electron chi connectivity index (χ2n) is 5.70. The standard InChI is InChI=1S/C14H23N3O4S/c1-10-13(22(15,19)20)9-12(21-10)14(18)17-7-4-11(5-8-17)3-6-16-2/h9,11,16H,3-8H2,1-2H3,(H2,15,19,20). The van der Waals surface area contributed by atoms with Crippen molar-refractivity contribution in [3.05, 3.63) is 17.6 Å². The summed E-state index contributed by atoms with van der Waals surface area (Å²) in [5.41, 5.74) is 0. The number of hydrogen-bond donors (Lipinski definition) is 2. The zero-order chi connectivity index (χ0) is 16.3. The quantitative estimate of drug-likeness (QED) is 0.827. The minimum absolute atomic E-state index is 0.0372. The number of primary sulfonamides is 1. The van der Waals surface area contributed by atoms with E-state index in [0.717, 1.165) is 25.8 Å². The molecular weight excluding hydrogens is 306 g/mol. The Labute approximate surface area is 130 Å². The largest absolute Gasteiger partial charge is 0.455 e. The van der Waals surface area contributed by atoms with Gasteiger partial charge in [-0.05, 0) is 45.7 Å². The van der Waals surface area contributed by atoms with Crippen LogP contribution >= 0.6 is 0 Å². The average molecular weight is 329 g/mol. The number of carbonyl (C=O) groups excluding carboxylic acids is 1. The fourth-order valence-electron chi connectivity index (χ4n) is 2.78. The van der Waals surface area contributed by atoms with Gasteiger partial charge in [-0.3, -0.25) is 4.79 Å². The predicted molar refractivity (Wildman–Crippen MR) is 82.0 cm³/mol. The Morgan fingerprint density at radius 3 is 2.59 bits per heavy atom. The first kappa shape index (κ1) is 17.0. The molecule has 1 aromatic rings. The van der Waals surface area contributed by atoms with E-state index in [-0.39, 0.29) is 22.3 Å². The Balaban J connectivity index is 2.02. The van der Waals surface area contributed by atoms with Crippen molar-refractivity contribution in [2.75, 3.05) is 26.7 Å². The molecule has 1 amide bonds. The highest BCUT2D eigenvalue weighted by atomic mass is 32.2. The van der Waals surface area contributed by atoms with Crippen LogP contribution in [0.25, 0.3) is 0 Å². The normalized spacial score (nSPS) is 17.0. The van der Waals surface area contributed by atoms with Crippen LogP contribution in [-0.2, 0) is 10.0 Å². The van der Waals surface area contributed by atoms with Gasteiger partial charge in [0, 0.05) is 19.2 Å². The third-order valence-electron chi connectivity index (χ3n) is 4.09. The Morgan fingerprint density at radius 1 is 1.45 bits per heavy atom. The van der Waals surface area contributed by atoms with Crippen LogP contribution in [-0.4, -0.2) is 45.9 Å². The molecule has 1 fully saturated rings. The van der Waals surface area contributed by atoms with Gasteiger partial charge in [0.15, 0.2) is 5.76 Å². The molecule has 1 aliphatic rings. The molecule has 0 aromatic carbocycles. The van der Waals surface area contributed by atoms with E-state index in [4.69, 9.17) is 9.56 Å². The molecule has 2 heterocycles. The van der Waals surface area contributed by atoms with Crippen molar-refractivity contribution in [1.82, 2.24) is 10.2 Å². The number of nitrogens with one attached hydrogen (secondary N) is 1. The van der Waals surface area contributed by atoms with E-state index in [1.54, 1.807) is 4.90 Å². The van der Waals surface area contributed by atoms with Crippen molar-refractivity contribution in [3.63, 3.8) is 0 Å². The van der Waals surface area contributed by atoms with Gasteiger partial charge in [-0.15, -0.1) is 0 Å². The topological polar surface area (TPSA) is 106 Å². The lowest BCUT2D eigenvalue weighted by Crippen LogP contribution is -2.38. The fraction of sp³-hybridized carbons (Fsp3) is 0.643. The first-order valence-electron chi connectivity index (χ1n) is 7.40. The maximum absolute atomic E-state index is 12.4. The molecule has 0 aliphatic carbocycles. The lowest BCUT2D eigenvalue weighted by atomic mass is 9.93. The number of amides is 1. The van der Waals surface area contributed by atoms with Crippen molar-refractivity contribution in [2.24, 2.45) is 11.1 Å². The van der Waals surface area contributed by atoms with Gasteiger partial charge in [-0.1, -0.05) is 0 Å². The smallest absolute Gasteiger partial charge is 0.289 e. The van der Waals surface area contributed by atoms with Gasteiger partial charge < -0.3 is 14.6 Å². The van der Waals surface area contributed by atoms with Gasteiger partial charge in [0.05, 0.1) is 0 Å². The second kappa shape index (κ2) is 6.80. The average Bonchev–Trinajstić information content (AvgIpc) is 2.87. The van der Waals surface area contributed by atoms with Crippen molar-refractivity contribution >= 4 is 15.9 Å². The summed E-state index contributed by atoms with van der Waals surface area (Å²) in [7, 11) is -1.94. The second-order valence-corrected chi connectivity index (χ2v) is 7.23. The molecule has 0 atom stereocenters. The van der Waals surface area contributed by atoms with Crippen LogP contribution in [0.2, 0.25) is 0 Å². The Kier molecular flexibility index (Phi) is 5.25. The highest BCUT2D eigenvalue weighted by Gasteiger charge is 2.27. The number of hydrogen-bond acceptors (Lipinski definition) is 5. The zero-order valence-corrected chi connectivity index (χ0v) is 13.8. The highest BCUT2D eigenvalue weighted by Crippen LogP contribution is 2.24. The molecule has 2 rings (SSSR count). The molecule has 0 radical (unpaired) electrons. The van der Waals surface area contributed by atoms with Gasteiger partial charge in [-0.2, -0.15) is 0 Å². The maximum Gasteiger partial charge on any atom is 0.289 e. The number of likely N-dealkylation sites (tertiary alicyclic amines) is 1. The first-order valence-corrected chi connectivity index (χ1v) is 8.94. The number of sulfonamides is 1. The molecular formula is C14H23N3O4S. The van der Waals surface area contributed by atoms with E-state index < -0.39 is 10.0 Å². The molecule has 0 spiro atoms. The summed E-state index contributed by atoms with van der Waals surface area (Å²) < 4.78 is 28.1. The third kappa shape index (κ3) is 3.88. The predicted octanol–water partition coefficient (Wildman–Crippen LogP) is 0.697. The summed E-state index contributed by atoms with van der Waals surface area (Å²) in [6.45, 7) is 3.80. The van der Waals surface area contributed by atoms with E-state index in [2.05, 4.69) is 5.32 Å². The lowest BCUT2D eigenvalue weighted by Gasteiger charge is -2.31. The van der Waals surface area contributed by atoms with Gasteiger partial charge in [0.25, 0.3) is 5.91 Å². The molecule has 124 valence electrons. The third-order valence-corrected chi connectivity index (χ3v) is 5.11. The van der Waals surface area contributed by atoms with Crippen molar-refractivity contribution in [3.8, 4) is 0 Å².